The first-order valence-electron chi connectivity index (χ1n) is 9.48. The number of aryl methyl sites for hydroxylation is 2. The van der Waals surface area contributed by atoms with Crippen molar-refractivity contribution in [3.63, 3.8) is 0 Å². The van der Waals surface area contributed by atoms with Crippen LogP contribution in [0.2, 0.25) is 0 Å². The number of aromatic nitrogens is 2. The van der Waals surface area contributed by atoms with Gasteiger partial charge >= 0.3 is 5.97 Å². The number of aromatic amines is 1. The van der Waals surface area contributed by atoms with Crippen molar-refractivity contribution in [2.75, 3.05) is 18.9 Å². The van der Waals surface area contributed by atoms with E-state index in [0.29, 0.717) is 16.8 Å². The van der Waals surface area contributed by atoms with Crippen LogP contribution in [0.15, 0.2) is 47.4 Å². The van der Waals surface area contributed by atoms with Gasteiger partial charge in [0.15, 0.2) is 11.5 Å². The zero-order valence-corrected chi connectivity index (χ0v) is 18.8. The number of H-pyrrole nitrogens is 1. The minimum Gasteiger partial charge on any atom is -0.493 e. The van der Waals surface area contributed by atoms with E-state index in [1.165, 1.54) is 32.4 Å². The Morgan fingerprint density at radius 3 is 2.47 bits per heavy atom. The number of carboxylic acid groups (broad SMARTS) is 1. The van der Waals surface area contributed by atoms with Crippen molar-refractivity contribution in [2.45, 2.75) is 18.7 Å². The summed E-state index contributed by atoms with van der Waals surface area (Å²) in [4.78, 5) is 10.7. The second-order valence-corrected chi connectivity index (χ2v) is 8.54. The molecule has 10 heteroatoms. The van der Waals surface area contributed by atoms with E-state index < -0.39 is 16.0 Å². The predicted octanol–water partition coefficient (Wildman–Crippen LogP) is 3.61. The van der Waals surface area contributed by atoms with Crippen LogP contribution < -0.4 is 14.2 Å². The van der Waals surface area contributed by atoms with E-state index in [1.807, 2.05) is 13.8 Å². The summed E-state index contributed by atoms with van der Waals surface area (Å²) in [5.41, 5.74) is 3.66. The van der Waals surface area contributed by atoms with Gasteiger partial charge in [0.25, 0.3) is 10.0 Å². The van der Waals surface area contributed by atoms with E-state index in [-0.39, 0.29) is 16.4 Å². The summed E-state index contributed by atoms with van der Waals surface area (Å²) in [6.07, 6.45) is 2.18. The quantitative estimate of drug-likeness (QED) is 0.440. The second-order valence-electron chi connectivity index (χ2n) is 6.89. The molecule has 0 spiro atoms. The van der Waals surface area contributed by atoms with Gasteiger partial charge in [0, 0.05) is 22.9 Å². The van der Waals surface area contributed by atoms with E-state index in [0.717, 1.165) is 23.0 Å². The summed E-state index contributed by atoms with van der Waals surface area (Å²) in [5.74, 6) is -1.02. The largest absolute Gasteiger partial charge is 0.493 e. The molecule has 3 N–H and O–H groups in total. The van der Waals surface area contributed by atoms with Crippen LogP contribution in [0.1, 0.15) is 17.0 Å². The Labute approximate surface area is 185 Å². The SMILES string of the molecule is COc1cc(/C=C/C(=O)O)cc(S(=O)(=O)Nc2ccccc2-c2c(C)n[nH]c2C)c1OC. The van der Waals surface area contributed by atoms with Crippen LogP contribution in [-0.2, 0) is 14.8 Å². The molecule has 0 aliphatic carbocycles. The maximum Gasteiger partial charge on any atom is 0.328 e. The molecule has 1 aromatic heterocycles. The van der Waals surface area contributed by atoms with Crippen molar-refractivity contribution in [3.8, 4) is 22.6 Å². The van der Waals surface area contributed by atoms with Gasteiger partial charge in [0.05, 0.1) is 25.6 Å². The molecule has 0 saturated heterocycles. The van der Waals surface area contributed by atoms with Crippen LogP contribution in [0.4, 0.5) is 5.69 Å². The summed E-state index contributed by atoms with van der Waals surface area (Å²) in [5, 5.41) is 16.0. The molecular formula is C22H23N3O6S. The van der Waals surface area contributed by atoms with Gasteiger partial charge in [-0.3, -0.25) is 9.82 Å². The Morgan fingerprint density at radius 1 is 1.16 bits per heavy atom. The highest BCUT2D eigenvalue weighted by Crippen LogP contribution is 2.38. The van der Waals surface area contributed by atoms with E-state index in [1.54, 1.807) is 24.3 Å². The molecule has 0 fully saturated rings. The number of hydrogen-bond acceptors (Lipinski definition) is 6. The lowest BCUT2D eigenvalue weighted by Gasteiger charge is -2.17. The van der Waals surface area contributed by atoms with Crippen molar-refractivity contribution in [3.05, 3.63) is 59.4 Å². The number of ether oxygens (including phenoxy) is 2. The Balaban J connectivity index is 2.14. The van der Waals surface area contributed by atoms with Crippen molar-refractivity contribution in [1.29, 1.82) is 0 Å². The van der Waals surface area contributed by atoms with E-state index in [4.69, 9.17) is 14.6 Å². The molecule has 0 atom stereocenters. The first-order valence-corrected chi connectivity index (χ1v) is 11.0. The fourth-order valence-electron chi connectivity index (χ4n) is 3.35. The summed E-state index contributed by atoms with van der Waals surface area (Å²) >= 11 is 0. The molecule has 0 aliphatic rings. The number of carbonyl (C=O) groups is 1. The lowest BCUT2D eigenvalue weighted by atomic mass is 10.0. The van der Waals surface area contributed by atoms with Gasteiger partial charge in [-0.15, -0.1) is 0 Å². The number of sulfonamides is 1. The molecular weight excluding hydrogens is 434 g/mol. The number of nitrogens with zero attached hydrogens (tertiary/aromatic N) is 1. The summed E-state index contributed by atoms with van der Waals surface area (Å²) in [6.45, 7) is 3.68. The Bertz CT molecular complexity index is 1280. The third-order valence-corrected chi connectivity index (χ3v) is 6.11. The Kier molecular flexibility index (Phi) is 6.54. The third kappa shape index (κ3) is 4.59. The number of anilines is 1. The molecule has 0 saturated carbocycles. The number of para-hydroxylation sites is 1. The fraction of sp³-hybridized carbons (Fsp3) is 0.182. The van der Waals surface area contributed by atoms with E-state index in [2.05, 4.69) is 14.9 Å². The highest BCUT2D eigenvalue weighted by Gasteiger charge is 2.25. The number of nitrogens with one attached hydrogen (secondary N) is 2. The van der Waals surface area contributed by atoms with Crippen LogP contribution >= 0.6 is 0 Å². The van der Waals surface area contributed by atoms with Gasteiger partial charge < -0.3 is 14.6 Å². The summed E-state index contributed by atoms with van der Waals surface area (Å²) < 4.78 is 40.0. The number of rotatable bonds is 8. The number of carboxylic acids is 1. The molecule has 0 bridgehead atoms. The second kappa shape index (κ2) is 9.15. The van der Waals surface area contributed by atoms with Crippen LogP contribution in [0, 0.1) is 13.8 Å². The van der Waals surface area contributed by atoms with Gasteiger partial charge in [0.2, 0.25) is 0 Å². The Hall–Kier alpha value is -3.79. The van der Waals surface area contributed by atoms with Crippen LogP contribution in [0.5, 0.6) is 11.5 Å². The number of aliphatic carboxylic acids is 1. The molecule has 1 heterocycles. The maximum absolute atomic E-state index is 13.4. The number of hydrogen-bond donors (Lipinski definition) is 3. The maximum atomic E-state index is 13.4. The van der Waals surface area contributed by atoms with Gasteiger partial charge in [-0.05, 0) is 43.7 Å². The first-order chi connectivity index (χ1) is 15.2. The van der Waals surface area contributed by atoms with Gasteiger partial charge in [-0.25, -0.2) is 13.2 Å². The lowest BCUT2D eigenvalue weighted by molar-refractivity contribution is -0.131. The standard InChI is InChI=1S/C22H23N3O6S/c1-13-21(14(2)24-23-13)16-7-5-6-8-17(16)25-32(28,29)19-12-15(9-10-20(26)27)11-18(30-3)22(19)31-4/h5-12,25H,1-4H3,(H,23,24)(H,26,27)/b10-9+. The lowest BCUT2D eigenvalue weighted by Crippen LogP contribution is -2.15. The normalized spacial score (nSPS) is 11.5. The molecule has 9 nitrogen and oxygen atoms in total. The van der Waals surface area contributed by atoms with Crippen LogP contribution in [-0.4, -0.2) is 43.9 Å². The average Bonchev–Trinajstić information content (AvgIpc) is 3.09. The average molecular weight is 458 g/mol. The molecule has 3 rings (SSSR count). The molecule has 3 aromatic rings. The van der Waals surface area contributed by atoms with Gasteiger partial charge in [-0.2, -0.15) is 5.10 Å². The van der Waals surface area contributed by atoms with Crippen LogP contribution in [0.3, 0.4) is 0 Å². The van der Waals surface area contributed by atoms with Crippen molar-refractivity contribution in [2.24, 2.45) is 0 Å². The molecule has 0 amide bonds. The molecule has 32 heavy (non-hydrogen) atoms. The minimum absolute atomic E-state index is 0.000582. The van der Waals surface area contributed by atoms with E-state index in [9.17, 15) is 13.2 Å². The minimum atomic E-state index is -4.16. The van der Waals surface area contributed by atoms with Gasteiger partial charge in [0.1, 0.15) is 4.90 Å². The zero-order valence-electron chi connectivity index (χ0n) is 18.0. The summed E-state index contributed by atoms with van der Waals surface area (Å²) in [7, 11) is -1.46. The van der Waals surface area contributed by atoms with Crippen molar-refractivity contribution < 1.29 is 27.8 Å². The summed E-state index contributed by atoms with van der Waals surface area (Å²) in [6, 6.07) is 9.78. The third-order valence-electron chi connectivity index (χ3n) is 4.74. The van der Waals surface area contributed by atoms with Crippen LogP contribution in [0.25, 0.3) is 17.2 Å². The molecule has 0 aliphatic heterocycles. The highest BCUT2D eigenvalue weighted by atomic mass is 32.2. The zero-order chi connectivity index (χ0) is 23.5. The molecule has 2 aromatic carbocycles. The number of methoxy groups -OCH3 is 2. The number of benzene rings is 2. The smallest absolute Gasteiger partial charge is 0.328 e. The van der Waals surface area contributed by atoms with Gasteiger partial charge in [-0.1, -0.05) is 18.2 Å². The highest BCUT2D eigenvalue weighted by molar-refractivity contribution is 7.92. The molecule has 0 radical (unpaired) electrons. The predicted molar refractivity (Wildman–Crippen MR) is 121 cm³/mol. The fourth-order valence-corrected chi connectivity index (χ4v) is 4.65. The van der Waals surface area contributed by atoms with E-state index >= 15 is 0 Å². The monoisotopic (exact) mass is 457 g/mol. The molecule has 168 valence electrons. The first kappa shape index (κ1) is 22.9. The Morgan fingerprint density at radius 2 is 1.88 bits per heavy atom. The molecule has 0 unspecified atom stereocenters. The van der Waals surface area contributed by atoms with Crippen molar-refractivity contribution in [1.82, 2.24) is 10.2 Å². The topological polar surface area (TPSA) is 131 Å². The van der Waals surface area contributed by atoms with Crippen molar-refractivity contribution >= 4 is 27.8 Å².